The van der Waals surface area contributed by atoms with Crippen LogP contribution in [0.5, 0.6) is 0 Å². The smallest absolute Gasteiger partial charge is 0.276 e. The number of carbonyl (C=O) groups excluding carboxylic acids is 1. The second-order valence-electron chi connectivity index (χ2n) is 10.3. The second-order valence-corrected chi connectivity index (χ2v) is 10.3. The van der Waals surface area contributed by atoms with Crippen molar-refractivity contribution in [3.05, 3.63) is 123 Å². The molecule has 1 saturated heterocycles. The normalized spacial score (nSPS) is 16.3. The summed E-state index contributed by atoms with van der Waals surface area (Å²) in [7, 11) is 1.87. The summed E-state index contributed by atoms with van der Waals surface area (Å²) in [5.74, 6) is -0.303. The summed E-state index contributed by atoms with van der Waals surface area (Å²) in [6, 6.07) is 26.0. The molecule has 3 aromatic carbocycles. The molecule has 2 heterocycles. The highest BCUT2D eigenvalue weighted by atomic mass is 19.1. The lowest BCUT2D eigenvalue weighted by Crippen LogP contribution is -2.39. The van der Waals surface area contributed by atoms with Gasteiger partial charge in [0.05, 0.1) is 30.5 Å². The number of nitrogens with zero attached hydrogens (tertiary/aromatic N) is 4. The van der Waals surface area contributed by atoms with E-state index in [4.69, 9.17) is 4.74 Å². The Kier molecular flexibility index (Phi) is 8.57. The number of rotatable bonds is 9. The van der Waals surface area contributed by atoms with Gasteiger partial charge in [0.15, 0.2) is 0 Å². The minimum atomic E-state index is -0.308. The summed E-state index contributed by atoms with van der Waals surface area (Å²) in [5.41, 5.74) is 4.10. The minimum absolute atomic E-state index is 0.00440. The lowest BCUT2D eigenvalue weighted by atomic mass is 10.1. The fourth-order valence-electron chi connectivity index (χ4n) is 5.27. The highest BCUT2D eigenvalue weighted by Crippen LogP contribution is 2.17. The van der Waals surface area contributed by atoms with E-state index in [9.17, 15) is 14.0 Å². The first-order chi connectivity index (χ1) is 19.4. The number of benzene rings is 3. The van der Waals surface area contributed by atoms with Crippen molar-refractivity contribution in [2.45, 2.75) is 32.6 Å². The number of halogens is 1. The Morgan fingerprint density at radius 3 is 2.33 bits per heavy atom. The van der Waals surface area contributed by atoms with Crippen molar-refractivity contribution in [3.8, 4) is 5.69 Å². The van der Waals surface area contributed by atoms with Gasteiger partial charge < -0.3 is 9.64 Å². The maximum absolute atomic E-state index is 13.8. The molecule has 1 aromatic heterocycles. The van der Waals surface area contributed by atoms with E-state index in [1.807, 2.05) is 83.1 Å². The molecule has 0 radical (unpaired) electrons. The first kappa shape index (κ1) is 27.6. The number of carbonyl (C=O) groups is 1. The van der Waals surface area contributed by atoms with Gasteiger partial charge in [0.25, 0.3) is 5.56 Å². The van der Waals surface area contributed by atoms with E-state index < -0.39 is 0 Å². The fraction of sp³-hybridized carbons (Fsp3) is 0.312. The van der Waals surface area contributed by atoms with E-state index in [1.165, 1.54) is 12.1 Å². The molecule has 0 bridgehead atoms. The van der Waals surface area contributed by atoms with Gasteiger partial charge in [-0.2, -0.15) is 0 Å². The van der Waals surface area contributed by atoms with Gasteiger partial charge in [0.1, 0.15) is 5.82 Å². The van der Waals surface area contributed by atoms with Crippen molar-refractivity contribution < 1.29 is 13.9 Å². The molecule has 1 aliphatic rings. The quantitative estimate of drug-likeness (QED) is 0.320. The number of para-hydroxylation sites is 1. The Labute approximate surface area is 234 Å². The third kappa shape index (κ3) is 6.41. The Balaban J connectivity index is 1.37. The zero-order valence-electron chi connectivity index (χ0n) is 23.0. The van der Waals surface area contributed by atoms with Crippen LogP contribution in [0.25, 0.3) is 5.69 Å². The highest BCUT2D eigenvalue weighted by Gasteiger charge is 2.30. The second kappa shape index (κ2) is 12.4. The third-order valence-corrected chi connectivity index (χ3v) is 7.54. The molecule has 5 rings (SSSR count). The molecular formula is C32H35FN4O3. The van der Waals surface area contributed by atoms with Crippen LogP contribution in [-0.4, -0.2) is 57.4 Å². The van der Waals surface area contributed by atoms with E-state index >= 15 is 0 Å². The van der Waals surface area contributed by atoms with E-state index in [-0.39, 0.29) is 36.5 Å². The van der Waals surface area contributed by atoms with Crippen molar-refractivity contribution in [1.29, 1.82) is 0 Å². The Morgan fingerprint density at radius 1 is 0.900 bits per heavy atom. The van der Waals surface area contributed by atoms with Crippen LogP contribution in [0.1, 0.15) is 22.4 Å². The average Bonchev–Trinajstić information content (AvgIpc) is 3.07. The van der Waals surface area contributed by atoms with E-state index in [0.29, 0.717) is 31.7 Å². The Hall–Kier alpha value is -4.01. The lowest BCUT2D eigenvalue weighted by molar-refractivity contribution is -0.131. The molecule has 208 valence electrons. The number of aromatic nitrogens is 2. The van der Waals surface area contributed by atoms with Crippen LogP contribution in [-0.2, 0) is 36.2 Å². The van der Waals surface area contributed by atoms with Gasteiger partial charge in [-0.1, -0.05) is 60.7 Å². The zero-order chi connectivity index (χ0) is 28.1. The molecule has 7 nitrogen and oxygen atoms in total. The summed E-state index contributed by atoms with van der Waals surface area (Å²) in [4.78, 5) is 30.9. The molecule has 0 unspecified atom stereocenters. The maximum atomic E-state index is 13.8. The molecule has 0 spiro atoms. The summed E-state index contributed by atoms with van der Waals surface area (Å²) >= 11 is 0. The average molecular weight is 543 g/mol. The van der Waals surface area contributed by atoms with E-state index in [0.717, 1.165) is 28.9 Å². The van der Waals surface area contributed by atoms with Crippen LogP contribution in [0, 0.1) is 12.7 Å². The van der Waals surface area contributed by atoms with Gasteiger partial charge in [0.2, 0.25) is 5.91 Å². The third-order valence-electron chi connectivity index (χ3n) is 7.54. The van der Waals surface area contributed by atoms with Gasteiger partial charge in [0, 0.05) is 38.9 Å². The molecule has 8 heteroatoms. The number of ether oxygens (including phenoxy) is 1. The summed E-state index contributed by atoms with van der Waals surface area (Å²) in [6.07, 6.45) is 0.439. The molecular weight excluding hydrogens is 507 g/mol. The first-order valence-electron chi connectivity index (χ1n) is 13.6. The van der Waals surface area contributed by atoms with Crippen molar-refractivity contribution in [2.75, 3.05) is 26.2 Å². The maximum Gasteiger partial charge on any atom is 0.276 e. The van der Waals surface area contributed by atoms with Crippen molar-refractivity contribution in [1.82, 2.24) is 19.2 Å². The van der Waals surface area contributed by atoms with Gasteiger partial charge in [-0.3, -0.25) is 19.2 Å². The predicted molar refractivity (Wildman–Crippen MR) is 153 cm³/mol. The van der Waals surface area contributed by atoms with Crippen LogP contribution in [0.2, 0.25) is 0 Å². The van der Waals surface area contributed by atoms with Gasteiger partial charge in [-0.25, -0.2) is 9.07 Å². The minimum Gasteiger partial charge on any atom is -0.370 e. The highest BCUT2D eigenvalue weighted by molar-refractivity contribution is 5.78. The SMILES string of the molecule is Cc1c(CN2CC(=O)N(CCc3ccccc3)C[C@@H](OCc3cccc(F)c3)C2)c(=O)n(-c2ccccc2)n1C. The van der Waals surface area contributed by atoms with Crippen molar-refractivity contribution >= 4 is 5.91 Å². The Bertz CT molecular complexity index is 1500. The number of hydrogen-bond donors (Lipinski definition) is 0. The van der Waals surface area contributed by atoms with E-state index in [2.05, 4.69) is 12.1 Å². The van der Waals surface area contributed by atoms with Crippen molar-refractivity contribution in [3.63, 3.8) is 0 Å². The molecule has 1 atom stereocenters. The van der Waals surface area contributed by atoms with Gasteiger partial charge in [-0.05, 0) is 48.7 Å². The molecule has 1 amide bonds. The monoisotopic (exact) mass is 542 g/mol. The fourth-order valence-corrected chi connectivity index (χ4v) is 5.27. The summed E-state index contributed by atoms with van der Waals surface area (Å²) < 4.78 is 23.5. The molecule has 0 aliphatic carbocycles. The standard InChI is InChI=1S/C32H35FN4O3/c1-24-30(32(39)37(34(24)2)28-14-7-4-8-15-28)21-35-19-29(40-23-26-12-9-13-27(33)18-26)20-36(31(38)22-35)17-16-25-10-5-3-6-11-25/h3-15,18,29H,16-17,19-23H2,1-2H3/t29-/m0/s1. The number of amides is 1. The molecule has 1 fully saturated rings. The summed E-state index contributed by atoms with van der Waals surface area (Å²) in [5, 5.41) is 0. The van der Waals surface area contributed by atoms with Gasteiger partial charge in [-0.15, -0.1) is 0 Å². The van der Waals surface area contributed by atoms with Crippen molar-refractivity contribution in [2.24, 2.45) is 7.05 Å². The Morgan fingerprint density at radius 2 is 1.60 bits per heavy atom. The largest absolute Gasteiger partial charge is 0.370 e. The molecule has 4 aromatic rings. The van der Waals surface area contributed by atoms with Crippen LogP contribution in [0.3, 0.4) is 0 Å². The summed E-state index contributed by atoms with van der Waals surface area (Å²) in [6.45, 7) is 4.16. The lowest BCUT2D eigenvalue weighted by Gasteiger charge is -2.25. The molecule has 40 heavy (non-hydrogen) atoms. The van der Waals surface area contributed by atoms with Crippen LogP contribution >= 0.6 is 0 Å². The predicted octanol–water partition coefficient (Wildman–Crippen LogP) is 4.10. The molecule has 0 saturated carbocycles. The zero-order valence-corrected chi connectivity index (χ0v) is 23.0. The first-order valence-corrected chi connectivity index (χ1v) is 13.6. The number of hydrogen-bond acceptors (Lipinski definition) is 4. The van der Waals surface area contributed by atoms with Crippen LogP contribution in [0.15, 0.2) is 89.7 Å². The molecule has 0 N–H and O–H groups in total. The van der Waals surface area contributed by atoms with Gasteiger partial charge >= 0.3 is 0 Å². The van der Waals surface area contributed by atoms with Crippen LogP contribution in [0.4, 0.5) is 4.39 Å². The topological polar surface area (TPSA) is 59.7 Å². The molecule has 1 aliphatic heterocycles. The van der Waals surface area contributed by atoms with E-state index in [1.54, 1.807) is 10.7 Å². The van der Waals surface area contributed by atoms with Crippen LogP contribution < -0.4 is 5.56 Å².